The third kappa shape index (κ3) is 2.77. The van der Waals surface area contributed by atoms with Crippen LogP contribution in [0, 0.1) is 0 Å². The Labute approximate surface area is 101 Å². The van der Waals surface area contributed by atoms with E-state index in [4.69, 9.17) is 5.73 Å². The van der Waals surface area contributed by atoms with E-state index in [0.29, 0.717) is 5.01 Å². The number of benzene rings is 1. The minimum Gasteiger partial charge on any atom is -0.384 e. The number of nitrogens with two attached hydrogens (primary N) is 1. The molecular weight excluding hydrogens is 246 g/mol. The number of thiazole rings is 1. The molecule has 1 heterocycles. The van der Waals surface area contributed by atoms with Crippen molar-refractivity contribution in [1.82, 2.24) is 4.98 Å². The van der Waals surface area contributed by atoms with Crippen molar-refractivity contribution in [2.24, 2.45) is 5.73 Å². The zero-order valence-electron chi connectivity index (χ0n) is 8.88. The Morgan fingerprint density at radius 3 is 2.71 bits per heavy atom. The van der Waals surface area contributed by atoms with Gasteiger partial charge in [0.1, 0.15) is 11.1 Å². The molecule has 2 atom stereocenters. The van der Waals surface area contributed by atoms with Gasteiger partial charge in [-0.1, -0.05) is 12.1 Å². The van der Waals surface area contributed by atoms with Crippen LogP contribution in [0.4, 0.5) is 8.78 Å². The van der Waals surface area contributed by atoms with Crippen LogP contribution in [-0.4, -0.2) is 22.6 Å². The Balaban J connectivity index is 2.21. The van der Waals surface area contributed by atoms with E-state index in [0.717, 1.165) is 10.2 Å². The number of aromatic nitrogens is 1. The van der Waals surface area contributed by atoms with Crippen LogP contribution in [-0.2, 0) is 0 Å². The third-order valence-electron chi connectivity index (χ3n) is 2.42. The molecule has 0 aliphatic carbocycles. The van der Waals surface area contributed by atoms with Crippen molar-refractivity contribution >= 4 is 21.6 Å². The average Bonchev–Trinajstić information content (AvgIpc) is 2.70. The summed E-state index contributed by atoms with van der Waals surface area (Å²) in [5.74, 6) is 0. The molecule has 0 saturated heterocycles. The smallest absolute Gasteiger partial charge is 0.240 e. The second-order valence-corrected chi connectivity index (χ2v) is 4.82. The molecule has 0 aliphatic rings. The van der Waals surface area contributed by atoms with Crippen LogP contribution >= 0.6 is 11.3 Å². The molecule has 0 radical (unpaired) electrons. The van der Waals surface area contributed by atoms with Crippen LogP contribution < -0.4 is 5.73 Å². The fraction of sp³-hybridized carbons (Fsp3) is 0.364. The molecule has 0 aliphatic heterocycles. The third-order valence-corrected chi connectivity index (χ3v) is 3.53. The van der Waals surface area contributed by atoms with Gasteiger partial charge < -0.3 is 10.8 Å². The van der Waals surface area contributed by atoms with E-state index >= 15 is 0 Å². The summed E-state index contributed by atoms with van der Waals surface area (Å²) in [5, 5.41) is 10.2. The maximum atomic E-state index is 12.2. The Kier molecular flexibility index (Phi) is 3.66. The molecule has 6 heteroatoms. The Hall–Kier alpha value is -1.11. The minimum absolute atomic E-state index is 0.388. The van der Waals surface area contributed by atoms with Gasteiger partial charge in [-0.2, -0.15) is 0 Å². The van der Waals surface area contributed by atoms with Gasteiger partial charge in [0, 0.05) is 12.5 Å². The first-order valence-corrected chi connectivity index (χ1v) is 5.97. The molecule has 1 unspecified atom stereocenters. The van der Waals surface area contributed by atoms with Gasteiger partial charge in [-0.25, -0.2) is 13.8 Å². The first-order chi connectivity index (χ1) is 8.08. The summed E-state index contributed by atoms with van der Waals surface area (Å²) < 4.78 is 25.2. The summed E-state index contributed by atoms with van der Waals surface area (Å²) in [4.78, 5) is 4.18. The molecule has 0 bridgehead atoms. The number of halogens is 2. The van der Waals surface area contributed by atoms with E-state index in [2.05, 4.69) is 4.98 Å². The van der Waals surface area contributed by atoms with Gasteiger partial charge in [-0.05, 0) is 12.1 Å². The number of hydrogen-bond donors (Lipinski definition) is 2. The number of aliphatic hydroxyl groups is 1. The zero-order chi connectivity index (χ0) is 12.4. The van der Waals surface area contributed by atoms with Gasteiger partial charge >= 0.3 is 0 Å². The molecule has 3 N–H and O–H groups in total. The summed E-state index contributed by atoms with van der Waals surface area (Å²) in [5.41, 5.74) is 6.25. The summed E-state index contributed by atoms with van der Waals surface area (Å²) in [6.07, 6.45) is -4.19. The number of fused-ring (bicyclic) bond motifs is 1. The molecule has 2 aromatic rings. The molecule has 2 rings (SSSR count). The van der Waals surface area contributed by atoms with Crippen molar-refractivity contribution in [3.63, 3.8) is 0 Å². The molecule has 3 nitrogen and oxygen atoms in total. The van der Waals surface area contributed by atoms with Crippen LogP contribution in [0.3, 0.4) is 0 Å². The summed E-state index contributed by atoms with van der Waals surface area (Å²) in [7, 11) is 0. The molecule has 0 saturated carbocycles. The predicted molar refractivity (Wildman–Crippen MR) is 63.2 cm³/mol. The van der Waals surface area contributed by atoms with Gasteiger partial charge in [-0.15, -0.1) is 11.3 Å². The lowest BCUT2D eigenvalue weighted by Crippen LogP contribution is -2.30. The van der Waals surface area contributed by atoms with E-state index < -0.39 is 25.0 Å². The molecule has 1 aromatic heterocycles. The van der Waals surface area contributed by atoms with Crippen molar-refractivity contribution in [3.05, 3.63) is 29.3 Å². The number of hydrogen-bond acceptors (Lipinski definition) is 4. The van der Waals surface area contributed by atoms with Crippen LogP contribution in [0.25, 0.3) is 10.2 Å². The van der Waals surface area contributed by atoms with Gasteiger partial charge in [0.15, 0.2) is 0 Å². The molecule has 0 spiro atoms. The topological polar surface area (TPSA) is 59.1 Å². The maximum absolute atomic E-state index is 12.2. The Morgan fingerprint density at radius 2 is 2.06 bits per heavy atom. The summed E-state index contributed by atoms with van der Waals surface area (Å²) in [6.45, 7) is 0. The molecular formula is C11H12F2N2OS. The SMILES string of the molecule is NC(CC(F)F)[C@@H](O)c1nc2ccccc2s1. The van der Waals surface area contributed by atoms with E-state index in [-0.39, 0.29) is 0 Å². The zero-order valence-corrected chi connectivity index (χ0v) is 9.70. The van der Waals surface area contributed by atoms with E-state index in [1.54, 1.807) is 6.07 Å². The number of rotatable bonds is 4. The first-order valence-electron chi connectivity index (χ1n) is 5.15. The van der Waals surface area contributed by atoms with Crippen molar-refractivity contribution in [3.8, 4) is 0 Å². The van der Waals surface area contributed by atoms with Crippen LogP contribution in [0.2, 0.25) is 0 Å². The van der Waals surface area contributed by atoms with E-state index in [1.807, 2.05) is 18.2 Å². The highest BCUT2D eigenvalue weighted by atomic mass is 32.1. The highest BCUT2D eigenvalue weighted by Gasteiger charge is 2.23. The number of aliphatic hydroxyl groups excluding tert-OH is 1. The monoisotopic (exact) mass is 258 g/mol. The lowest BCUT2D eigenvalue weighted by Gasteiger charge is -2.15. The van der Waals surface area contributed by atoms with E-state index in [9.17, 15) is 13.9 Å². The van der Waals surface area contributed by atoms with Crippen LogP contribution in [0.5, 0.6) is 0 Å². The van der Waals surface area contributed by atoms with Gasteiger partial charge in [0.25, 0.3) is 0 Å². The van der Waals surface area contributed by atoms with Crippen molar-refractivity contribution in [2.75, 3.05) is 0 Å². The first kappa shape index (κ1) is 12.3. The number of nitrogens with zero attached hydrogens (tertiary/aromatic N) is 1. The standard InChI is InChI=1S/C11H12F2N2OS/c12-9(13)5-6(14)10(16)11-15-7-3-1-2-4-8(7)17-11/h1-4,6,9-10,16H,5,14H2/t6?,10-/m1/s1. The molecule has 0 amide bonds. The summed E-state index contributed by atoms with van der Waals surface area (Å²) >= 11 is 1.27. The molecule has 0 fully saturated rings. The fourth-order valence-electron chi connectivity index (χ4n) is 1.53. The van der Waals surface area contributed by atoms with Gasteiger partial charge in [-0.3, -0.25) is 0 Å². The average molecular weight is 258 g/mol. The largest absolute Gasteiger partial charge is 0.384 e. The van der Waals surface area contributed by atoms with Crippen molar-refractivity contribution < 1.29 is 13.9 Å². The van der Waals surface area contributed by atoms with Crippen molar-refractivity contribution in [1.29, 1.82) is 0 Å². The minimum atomic E-state index is -2.52. The molecule has 17 heavy (non-hydrogen) atoms. The number of alkyl halides is 2. The van der Waals surface area contributed by atoms with E-state index in [1.165, 1.54) is 11.3 Å². The lowest BCUT2D eigenvalue weighted by molar-refractivity contribution is 0.0794. The van der Waals surface area contributed by atoms with Gasteiger partial charge in [0.2, 0.25) is 6.43 Å². The fourth-order valence-corrected chi connectivity index (χ4v) is 2.56. The second kappa shape index (κ2) is 5.03. The number of para-hydroxylation sites is 1. The molecule has 92 valence electrons. The second-order valence-electron chi connectivity index (χ2n) is 3.76. The summed E-state index contributed by atoms with van der Waals surface area (Å²) in [6, 6.07) is 6.37. The Morgan fingerprint density at radius 1 is 1.35 bits per heavy atom. The Bertz CT molecular complexity index is 470. The van der Waals surface area contributed by atoms with Crippen LogP contribution in [0.15, 0.2) is 24.3 Å². The lowest BCUT2D eigenvalue weighted by atomic mass is 10.1. The van der Waals surface area contributed by atoms with Gasteiger partial charge in [0.05, 0.1) is 10.2 Å². The van der Waals surface area contributed by atoms with Crippen LogP contribution in [0.1, 0.15) is 17.5 Å². The maximum Gasteiger partial charge on any atom is 0.240 e. The highest BCUT2D eigenvalue weighted by molar-refractivity contribution is 7.18. The quantitative estimate of drug-likeness (QED) is 0.884. The molecule has 1 aromatic carbocycles. The normalized spacial score (nSPS) is 15.4. The van der Waals surface area contributed by atoms with Crippen molar-refractivity contribution in [2.45, 2.75) is 25.0 Å². The predicted octanol–water partition coefficient (Wildman–Crippen LogP) is 2.31. The highest BCUT2D eigenvalue weighted by Crippen LogP contribution is 2.28.